The van der Waals surface area contributed by atoms with E-state index >= 15 is 0 Å². The molecular weight excluding hydrogens is 407 g/mol. The van der Waals surface area contributed by atoms with Gasteiger partial charge in [0.05, 0.1) is 11.2 Å². The van der Waals surface area contributed by atoms with Crippen molar-refractivity contribution in [3.8, 4) is 0 Å². The van der Waals surface area contributed by atoms with Crippen molar-refractivity contribution in [2.24, 2.45) is 0 Å². The Balaban J connectivity index is 2.91. The lowest BCUT2D eigenvalue weighted by molar-refractivity contribution is -0.144. The molecule has 0 aromatic carbocycles. The summed E-state index contributed by atoms with van der Waals surface area (Å²) in [7, 11) is -2.18. The molecule has 31 heavy (non-hydrogen) atoms. The quantitative estimate of drug-likeness (QED) is 0.203. The first kappa shape index (κ1) is 28.4. The molecule has 5 nitrogen and oxygen atoms in total. The Kier molecular flexibility index (Phi) is 10.1. The van der Waals surface area contributed by atoms with Gasteiger partial charge in [-0.2, -0.15) is 0 Å². The highest BCUT2D eigenvalue weighted by molar-refractivity contribution is 6.74. The van der Waals surface area contributed by atoms with Gasteiger partial charge in [0, 0.05) is 13.5 Å². The second kappa shape index (κ2) is 11.0. The molecular formula is C24H47BO5Si. The van der Waals surface area contributed by atoms with E-state index in [-0.39, 0.29) is 17.1 Å². The van der Waals surface area contributed by atoms with Crippen molar-refractivity contribution < 1.29 is 23.3 Å². The molecule has 0 bridgehead atoms. The molecule has 0 spiro atoms. The van der Waals surface area contributed by atoms with Crippen molar-refractivity contribution in [3.63, 3.8) is 0 Å². The molecule has 1 atom stereocenters. The fourth-order valence-electron chi connectivity index (χ4n) is 3.11. The van der Waals surface area contributed by atoms with Gasteiger partial charge >= 0.3 is 13.1 Å². The van der Waals surface area contributed by atoms with Crippen LogP contribution in [0.4, 0.5) is 0 Å². The molecule has 0 amide bonds. The van der Waals surface area contributed by atoms with Crippen molar-refractivity contribution in [3.05, 3.63) is 11.5 Å². The molecule has 180 valence electrons. The highest BCUT2D eigenvalue weighted by atomic mass is 28.4. The summed E-state index contributed by atoms with van der Waals surface area (Å²) in [5, 5.41) is 0.187. The summed E-state index contributed by atoms with van der Waals surface area (Å²) >= 11 is 0. The summed E-state index contributed by atoms with van der Waals surface area (Å²) in [5.41, 5.74) is 0.283. The topological polar surface area (TPSA) is 54.0 Å². The fourth-order valence-corrected chi connectivity index (χ4v) is 4.20. The van der Waals surface area contributed by atoms with Gasteiger partial charge in [-0.25, -0.2) is 0 Å². The van der Waals surface area contributed by atoms with Crippen LogP contribution in [0.15, 0.2) is 11.5 Å². The Morgan fingerprint density at radius 1 is 1.10 bits per heavy atom. The van der Waals surface area contributed by atoms with E-state index in [9.17, 15) is 4.79 Å². The Hall–Kier alpha value is -0.628. The van der Waals surface area contributed by atoms with E-state index in [2.05, 4.69) is 74.6 Å². The molecule has 1 heterocycles. The van der Waals surface area contributed by atoms with Gasteiger partial charge in [-0.1, -0.05) is 40.5 Å². The molecule has 0 N–H and O–H groups in total. The van der Waals surface area contributed by atoms with Gasteiger partial charge in [-0.15, -0.1) is 0 Å². The van der Waals surface area contributed by atoms with E-state index < -0.39 is 26.6 Å². The first-order chi connectivity index (χ1) is 14.0. The highest BCUT2D eigenvalue weighted by Crippen LogP contribution is 2.40. The largest absolute Gasteiger partial charge is 0.490 e. The number of esters is 1. The van der Waals surface area contributed by atoms with E-state index in [1.807, 2.05) is 0 Å². The van der Waals surface area contributed by atoms with Crippen molar-refractivity contribution in [2.45, 2.75) is 130 Å². The van der Waals surface area contributed by atoms with Gasteiger partial charge in [0.1, 0.15) is 6.10 Å². The van der Waals surface area contributed by atoms with Crippen LogP contribution in [0.1, 0.15) is 94.4 Å². The van der Waals surface area contributed by atoms with Crippen molar-refractivity contribution in [1.29, 1.82) is 0 Å². The van der Waals surface area contributed by atoms with Gasteiger partial charge in [0.2, 0.25) is 0 Å². The zero-order valence-electron chi connectivity index (χ0n) is 22.0. The summed E-state index contributed by atoms with van der Waals surface area (Å²) in [4.78, 5) is 11.8. The third-order valence-electron chi connectivity index (χ3n) is 6.99. The van der Waals surface area contributed by atoms with Gasteiger partial charge < -0.3 is 18.5 Å². The number of hydrogen-bond acceptors (Lipinski definition) is 5. The normalized spacial score (nSPS) is 20.1. The number of unbranched alkanes of at least 4 members (excludes halogenated alkanes) is 1. The van der Waals surface area contributed by atoms with Crippen LogP contribution in [-0.2, 0) is 23.3 Å². The maximum absolute atomic E-state index is 11.8. The highest BCUT2D eigenvalue weighted by Gasteiger charge is 2.52. The number of allylic oxidation sites excluding steroid dienone is 1. The third-order valence-corrected chi connectivity index (χ3v) is 11.5. The monoisotopic (exact) mass is 454 g/mol. The number of hydrogen-bond donors (Lipinski definition) is 0. The summed E-state index contributed by atoms with van der Waals surface area (Å²) < 4.78 is 24.5. The van der Waals surface area contributed by atoms with Gasteiger partial charge in [0.15, 0.2) is 8.32 Å². The maximum Gasteiger partial charge on any atom is 0.490 e. The maximum atomic E-state index is 11.8. The molecule has 0 aliphatic carbocycles. The zero-order chi connectivity index (χ0) is 24.1. The molecule has 1 aliphatic heterocycles. The fraction of sp³-hybridized carbons (Fsp3) is 0.875. The lowest BCUT2D eigenvalue weighted by Gasteiger charge is -2.36. The van der Waals surface area contributed by atoms with Crippen LogP contribution in [0.5, 0.6) is 0 Å². The summed E-state index contributed by atoms with van der Waals surface area (Å²) in [6.45, 7) is 23.8. The summed E-state index contributed by atoms with van der Waals surface area (Å²) in [6, 6.07) is 0. The van der Waals surface area contributed by atoms with Crippen LogP contribution in [0.25, 0.3) is 0 Å². The zero-order valence-corrected chi connectivity index (χ0v) is 23.0. The van der Waals surface area contributed by atoms with Gasteiger partial charge in [-0.3, -0.25) is 4.79 Å². The van der Waals surface area contributed by atoms with Crippen LogP contribution < -0.4 is 0 Å². The van der Waals surface area contributed by atoms with Gasteiger partial charge in [0.25, 0.3) is 0 Å². The van der Waals surface area contributed by atoms with Crippen LogP contribution in [0.2, 0.25) is 18.1 Å². The Morgan fingerprint density at radius 3 is 2.10 bits per heavy atom. The van der Waals surface area contributed by atoms with Crippen LogP contribution >= 0.6 is 0 Å². The smallest absolute Gasteiger partial charge is 0.458 e. The lowest BCUT2D eigenvalue weighted by Crippen LogP contribution is -2.41. The summed E-state index contributed by atoms with van der Waals surface area (Å²) in [6.07, 6.45) is 6.31. The average molecular weight is 455 g/mol. The van der Waals surface area contributed by atoms with E-state index in [0.717, 1.165) is 37.6 Å². The Morgan fingerprint density at radius 2 is 1.65 bits per heavy atom. The molecule has 0 radical (unpaired) electrons. The average Bonchev–Trinajstić information content (AvgIpc) is 2.81. The number of rotatable bonds is 11. The van der Waals surface area contributed by atoms with Crippen molar-refractivity contribution in [1.82, 2.24) is 0 Å². The minimum Gasteiger partial charge on any atom is -0.458 e. The molecule has 1 fully saturated rings. The van der Waals surface area contributed by atoms with Crippen molar-refractivity contribution in [2.75, 3.05) is 6.61 Å². The second-order valence-corrected chi connectivity index (χ2v) is 16.1. The molecule has 0 saturated carbocycles. The molecule has 0 aromatic rings. The minimum absolute atomic E-state index is 0.187. The minimum atomic E-state index is -1.78. The third kappa shape index (κ3) is 8.34. The molecule has 1 aliphatic rings. The molecule has 0 aromatic heterocycles. The molecule has 1 rings (SSSR count). The predicted octanol–water partition coefficient (Wildman–Crippen LogP) is 6.47. The second-order valence-electron chi connectivity index (χ2n) is 11.3. The van der Waals surface area contributed by atoms with Crippen molar-refractivity contribution >= 4 is 21.4 Å². The number of carbonyl (C=O) groups is 1. The number of carbonyl (C=O) groups excluding carboxylic acids is 1. The molecule has 7 heteroatoms. The molecule has 1 saturated heterocycles. The van der Waals surface area contributed by atoms with E-state index in [0.29, 0.717) is 6.61 Å². The SMILES string of the molecule is CCCC/C(=C\C(CCCO[Si](C)(C)C(C)(C)C)OC(C)=O)B1OC(C)(C)C(C)(C)O1. The lowest BCUT2D eigenvalue weighted by atomic mass is 9.74. The van der Waals surface area contributed by atoms with Crippen LogP contribution in [0, 0.1) is 0 Å². The van der Waals surface area contributed by atoms with E-state index in [1.54, 1.807) is 0 Å². The standard InChI is InChI=1S/C24H47BO5Si/c1-12-13-15-20(25-29-23(6,7)24(8,9)30-25)18-21(28-19(2)26)16-14-17-27-31(10,11)22(3,4)5/h18,21H,12-17H2,1-11H3/b20-18+. The Bertz CT molecular complexity index is 606. The van der Waals surface area contributed by atoms with E-state index in [4.69, 9.17) is 18.5 Å². The Labute approximate surface area is 192 Å². The summed E-state index contributed by atoms with van der Waals surface area (Å²) in [5.74, 6) is -0.268. The van der Waals surface area contributed by atoms with E-state index in [1.165, 1.54) is 6.92 Å². The first-order valence-corrected chi connectivity index (χ1v) is 14.8. The van der Waals surface area contributed by atoms with Crippen LogP contribution in [-0.4, -0.2) is 45.3 Å². The predicted molar refractivity (Wildman–Crippen MR) is 132 cm³/mol. The number of ether oxygens (including phenoxy) is 1. The first-order valence-electron chi connectivity index (χ1n) is 11.9. The van der Waals surface area contributed by atoms with Crippen LogP contribution in [0.3, 0.4) is 0 Å². The molecule has 1 unspecified atom stereocenters. The van der Waals surface area contributed by atoms with Gasteiger partial charge in [-0.05, 0) is 76.6 Å².